The molecule has 0 aromatic heterocycles. The molecule has 1 N–H and O–H groups in total. The predicted molar refractivity (Wildman–Crippen MR) is 63.5 cm³/mol. The van der Waals surface area contributed by atoms with E-state index in [2.05, 4.69) is 0 Å². The molecule has 20 heavy (non-hydrogen) atoms. The lowest BCUT2D eigenvalue weighted by atomic mass is 9.99. The number of hydrogen-bond donors (Lipinski definition) is 1. The highest BCUT2D eigenvalue weighted by molar-refractivity contribution is 5.68. The van der Waals surface area contributed by atoms with Crippen molar-refractivity contribution in [3.63, 3.8) is 0 Å². The van der Waals surface area contributed by atoms with E-state index in [1.807, 2.05) is 0 Å². The highest BCUT2D eigenvalue weighted by Gasteiger charge is 2.46. The van der Waals surface area contributed by atoms with Crippen LogP contribution in [0.25, 0.3) is 0 Å². The van der Waals surface area contributed by atoms with Crippen molar-refractivity contribution in [1.82, 2.24) is 0 Å². The maximum absolute atomic E-state index is 11.2. The molecule has 0 unspecified atom stereocenters. The molecule has 1 aliphatic heterocycles. The first-order valence-corrected chi connectivity index (χ1v) is 6.09. The quantitative estimate of drug-likeness (QED) is 0.528. The van der Waals surface area contributed by atoms with Gasteiger partial charge in [-0.2, -0.15) is 0 Å². The minimum Gasteiger partial charge on any atom is -0.456 e. The van der Waals surface area contributed by atoms with Crippen LogP contribution in [-0.2, 0) is 33.3 Å². The van der Waals surface area contributed by atoms with Gasteiger partial charge in [0.15, 0.2) is 18.3 Å². The lowest BCUT2D eigenvalue weighted by molar-refractivity contribution is -0.229. The average Bonchev–Trinajstić information content (AvgIpc) is 2.31. The van der Waals surface area contributed by atoms with Crippen molar-refractivity contribution in [2.24, 2.45) is 0 Å². The lowest BCUT2D eigenvalue weighted by Gasteiger charge is -2.39. The van der Waals surface area contributed by atoms with Crippen LogP contribution in [0, 0.1) is 0 Å². The second-order valence-corrected chi connectivity index (χ2v) is 4.35. The monoisotopic (exact) mass is 290 g/mol. The van der Waals surface area contributed by atoms with Crippen LogP contribution in [0.2, 0.25) is 0 Å². The molecule has 1 rings (SSSR count). The summed E-state index contributed by atoms with van der Waals surface area (Å²) in [6.45, 7) is 3.06. The van der Waals surface area contributed by atoms with Crippen molar-refractivity contribution in [1.29, 1.82) is 0 Å². The largest absolute Gasteiger partial charge is 0.456 e. The van der Waals surface area contributed by atoms with Gasteiger partial charge in [0.25, 0.3) is 0 Å². The van der Waals surface area contributed by atoms with E-state index in [-0.39, 0.29) is 6.61 Å². The number of aliphatic hydroxyl groups excluding tert-OH is 1. The Kier molecular flexibility index (Phi) is 5.90. The Hall–Kier alpha value is -1.67. The number of carbonyl (C=O) groups is 3. The first-order chi connectivity index (χ1) is 9.35. The van der Waals surface area contributed by atoms with E-state index >= 15 is 0 Å². The van der Waals surface area contributed by atoms with E-state index in [0.717, 1.165) is 0 Å². The van der Waals surface area contributed by atoms with E-state index in [1.54, 1.807) is 0 Å². The zero-order chi connectivity index (χ0) is 15.3. The van der Waals surface area contributed by atoms with E-state index in [4.69, 9.17) is 18.9 Å². The molecule has 0 amide bonds. The minimum atomic E-state index is -1.04. The molecule has 1 aliphatic rings. The Morgan fingerprint density at radius 1 is 1.00 bits per heavy atom. The third-order valence-electron chi connectivity index (χ3n) is 2.63. The molecule has 0 aromatic rings. The highest BCUT2D eigenvalue weighted by Crippen LogP contribution is 2.24. The van der Waals surface area contributed by atoms with Gasteiger partial charge >= 0.3 is 17.9 Å². The second-order valence-electron chi connectivity index (χ2n) is 4.35. The molecule has 0 bridgehead atoms. The SMILES string of the molecule is CC(=O)O[C@@H]1[C@@H](OC(C)=O)[C@@H](OC(C)=O)CO[C@H]1CO. The van der Waals surface area contributed by atoms with Crippen molar-refractivity contribution in [2.45, 2.75) is 45.2 Å². The minimum absolute atomic E-state index is 0.0689. The lowest BCUT2D eigenvalue weighted by Crippen LogP contribution is -2.58. The maximum atomic E-state index is 11.2. The maximum Gasteiger partial charge on any atom is 0.303 e. The molecule has 4 atom stereocenters. The van der Waals surface area contributed by atoms with Crippen LogP contribution < -0.4 is 0 Å². The number of carbonyl (C=O) groups excluding carboxylic acids is 3. The van der Waals surface area contributed by atoms with Gasteiger partial charge in [0.2, 0.25) is 0 Å². The van der Waals surface area contributed by atoms with Crippen LogP contribution in [0.3, 0.4) is 0 Å². The summed E-state index contributed by atoms with van der Waals surface area (Å²) in [5.41, 5.74) is 0. The summed E-state index contributed by atoms with van der Waals surface area (Å²) in [6.07, 6.45) is -3.82. The number of ether oxygens (including phenoxy) is 4. The molecule has 0 radical (unpaired) electrons. The molecular weight excluding hydrogens is 272 g/mol. The van der Waals surface area contributed by atoms with Gasteiger partial charge in [-0.25, -0.2) is 0 Å². The van der Waals surface area contributed by atoms with Gasteiger partial charge in [-0.1, -0.05) is 0 Å². The molecule has 0 spiro atoms. The smallest absolute Gasteiger partial charge is 0.303 e. The predicted octanol–water partition coefficient (Wildman–Crippen LogP) is -0.827. The number of hydrogen-bond acceptors (Lipinski definition) is 8. The Balaban J connectivity index is 2.95. The molecule has 1 heterocycles. The zero-order valence-electron chi connectivity index (χ0n) is 11.5. The molecule has 0 aliphatic carbocycles. The van der Waals surface area contributed by atoms with Gasteiger partial charge in [0.05, 0.1) is 13.2 Å². The number of rotatable bonds is 4. The van der Waals surface area contributed by atoms with Crippen LogP contribution in [0.4, 0.5) is 0 Å². The topological polar surface area (TPSA) is 108 Å². The van der Waals surface area contributed by atoms with E-state index < -0.39 is 48.9 Å². The standard InChI is InChI=1S/C12H18O8/c1-6(14)18-10-5-17-9(4-13)11(19-7(2)15)12(10)20-8(3)16/h9-13H,4-5H2,1-3H3/t9-,10-,11-,12-/m0/s1. The molecule has 0 aromatic carbocycles. The summed E-state index contributed by atoms with van der Waals surface area (Å²) in [5, 5.41) is 9.23. The summed E-state index contributed by atoms with van der Waals surface area (Å²) in [4.78, 5) is 33.3. The Morgan fingerprint density at radius 2 is 1.50 bits per heavy atom. The van der Waals surface area contributed by atoms with E-state index in [1.165, 1.54) is 20.8 Å². The summed E-state index contributed by atoms with van der Waals surface area (Å²) in [7, 11) is 0. The molecule has 114 valence electrons. The van der Waals surface area contributed by atoms with Crippen LogP contribution in [0.15, 0.2) is 0 Å². The molecule has 1 fully saturated rings. The molecule has 1 saturated heterocycles. The van der Waals surface area contributed by atoms with Crippen LogP contribution in [0.1, 0.15) is 20.8 Å². The summed E-state index contributed by atoms with van der Waals surface area (Å²) >= 11 is 0. The fourth-order valence-corrected chi connectivity index (χ4v) is 1.97. The average molecular weight is 290 g/mol. The number of aliphatic hydroxyl groups is 1. The van der Waals surface area contributed by atoms with Gasteiger partial charge in [-0.15, -0.1) is 0 Å². The molecule has 0 saturated carbocycles. The number of esters is 3. The zero-order valence-corrected chi connectivity index (χ0v) is 11.5. The fourth-order valence-electron chi connectivity index (χ4n) is 1.97. The van der Waals surface area contributed by atoms with Gasteiger partial charge in [-0.3, -0.25) is 14.4 Å². The van der Waals surface area contributed by atoms with Crippen LogP contribution in [-0.4, -0.2) is 60.6 Å². The summed E-state index contributed by atoms with van der Waals surface area (Å²) in [6, 6.07) is 0. The van der Waals surface area contributed by atoms with Crippen LogP contribution >= 0.6 is 0 Å². The Labute approximate surface area is 115 Å². The summed E-state index contributed by atoms with van der Waals surface area (Å²) in [5.74, 6) is -1.83. The normalized spacial score (nSPS) is 29.4. The van der Waals surface area contributed by atoms with Gasteiger partial charge in [0.1, 0.15) is 6.10 Å². The van der Waals surface area contributed by atoms with Crippen LogP contribution in [0.5, 0.6) is 0 Å². The van der Waals surface area contributed by atoms with Gasteiger partial charge in [0, 0.05) is 20.8 Å². The third-order valence-corrected chi connectivity index (χ3v) is 2.63. The van der Waals surface area contributed by atoms with Crippen molar-refractivity contribution in [2.75, 3.05) is 13.2 Å². The first kappa shape index (κ1) is 16.4. The van der Waals surface area contributed by atoms with Gasteiger partial charge < -0.3 is 24.1 Å². The summed E-state index contributed by atoms with van der Waals surface area (Å²) < 4.78 is 20.4. The Bertz CT molecular complexity index is 380. The fraction of sp³-hybridized carbons (Fsp3) is 0.750. The van der Waals surface area contributed by atoms with Crippen molar-refractivity contribution in [3.05, 3.63) is 0 Å². The first-order valence-electron chi connectivity index (χ1n) is 6.09. The van der Waals surface area contributed by atoms with Gasteiger partial charge in [-0.05, 0) is 0 Å². The van der Waals surface area contributed by atoms with E-state index in [9.17, 15) is 19.5 Å². The van der Waals surface area contributed by atoms with Crippen molar-refractivity contribution in [3.8, 4) is 0 Å². The van der Waals surface area contributed by atoms with Crippen molar-refractivity contribution < 1.29 is 38.4 Å². The van der Waals surface area contributed by atoms with E-state index in [0.29, 0.717) is 0 Å². The molecule has 8 heteroatoms. The third kappa shape index (κ3) is 4.46. The highest BCUT2D eigenvalue weighted by atomic mass is 16.6. The Morgan fingerprint density at radius 3 is 1.95 bits per heavy atom. The molecular formula is C12H18O8. The van der Waals surface area contributed by atoms with Crippen molar-refractivity contribution >= 4 is 17.9 Å². The molecule has 8 nitrogen and oxygen atoms in total. The second kappa shape index (κ2) is 7.20.